The summed E-state index contributed by atoms with van der Waals surface area (Å²) < 4.78 is 0. The molecule has 4 heteroatoms. The Balaban J connectivity index is 2.36. The molecule has 1 aromatic rings. The maximum Gasteiger partial charge on any atom is 0.230 e. The van der Waals surface area contributed by atoms with Gasteiger partial charge in [-0.3, -0.25) is 4.79 Å². The second-order valence-electron chi connectivity index (χ2n) is 4.00. The van der Waals surface area contributed by atoms with Crippen LogP contribution in [0.4, 0.5) is 0 Å². The highest BCUT2D eigenvalue weighted by molar-refractivity contribution is 8.00. The molecule has 0 radical (unpaired) electrons. The lowest BCUT2D eigenvalue weighted by atomic mass is 10.1. The average Bonchev–Trinajstić information content (AvgIpc) is 2.36. The van der Waals surface area contributed by atoms with Crippen molar-refractivity contribution in [2.75, 3.05) is 12.4 Å². The van der Waals surface area contributed by atoms with Gasteiger partial charge >= 0.3 is 0 Å². The lowest BCUT2D eigenvalue weighted by Gasteiger charge is -2.15. The zero-order valence-electron chi connectivity index (χ0n) is 10.2. The number of carbonyl (C=O) groups excluding carboxylic acids is 1. The van der Waals surface area contributed by atoms with Gasteiger partial charge in [-0.05, 0) is 12.5 Å². The third-order valence-electron chi connectivity index (χ3n) is 2.43. The minimum Gasteiger partial charge on any atom is -0.395 e. The zero-order valence-corrected chi connectivity index (χ0v) is 11.0. The van der Waals surface area contributed by atoms with E-state index in [2.05, 4.69) is 5.32 Å². The maximum atomic E-state index is 11.6. The molecule has 0 heterocycles. The van der Waals surface area contributed by atoms with Crippen LogP contribution in [0.25, 0.3) is 0 Å². The van der Waals surface area contributed by atoms with Gasteiger partial charge in [-0.15, -0.1) is 11.8 Å². The Morgan fingerprint density at radius 2 is 2.00 bits per heavy atom. The normalized spacial score (nSPS) is 14.1. The number of hydrogen-bond acceptors (Lipinski definition) is 3. The molecule has 94 valence electrons. The van der Waals surface area contributed by atoms with E-state index in [4.69, 9.17) is 5.11 Å². The molecule has 1 rings (SSSR count). The summed E-state index contributed by atoms with van der Waals surface area (Å²) in [6.45, 7) is 3.97. The number of benzene rings is 1. The van der Waals surface area contributed by atoms with Crippen molar-refractivity contribution in [1.82, 2.24) is 5.32 Å². The molecule has 2 atom stereocenters. The van der Waals surface area contributed by atoms with Crippen LogP contribution in [-0.2, 0) is 4.79 Å². The van der Waals surface area contributed by atoms with E-state index in [-0.39, 0.29) is 23.8 Å². The van der Waals surface area contributed by atoms with Crippen molar-refractivity contribution in [3.63, 3.8) is 0 Å². The first-order valence-electron chi connectivity index (χ1n) is 5.70. The molecule has 0 aromatic heterocycles. The molecule has 0 aliphatic carbocycles. The summed E-state index contributed by atoms with van der Waals surface area (Å²) in [5.74, 6) is 0.394. The smallest absolute Gasteiger partial charge is 0.230 e. The Morgan fingerprint density at radius 1 is 1.35 bits per heavy atom. The van der Waals surface area contributed by atoms with Crippen molar-refractivity contribution >= 4 is 17.7 Å². The van der Waals surface area contributed by atoms with Gasteiger partial charge in [-0.25, -0.2) is 0 Å². The Morgan fingerprint density at radius 3 is 2.59 bits per heavy atom. The van der Waals surface area contributed by atoms with E-state index in [9.17, 15) is 4.79 Å². The molecule has 17 heavy (non-hydrogen) atoms. The monoisotopic (exact) mass is 253 g/mol. The Bertz CT molecular complexity index is 343. The number of nitrogens with one attached hydrogen (secondary N) is 1. The standard InChI is InChI=1S/C13H19NO2S/c1-10(8-15)17-9-13(16)14-11(2)12-6-4-3-5-7-12/h3-7,10-11,15H,8-9H2,1-2H3,(H,14,16). The molecular weight excluding hydrogens is 234 g/mol. The number of hydrogen-bond donors (Lipinski definition) is 2. The second-order valence-corrected chi connectivity index (χ2v) is 5.43. The van der Waals surface area contributed by atoms with Crippen LogP contribution in [0.1, 0.15) is 25.5 Å². The summed E-state index contributed by atoms with van der Waals surface area (Å²) in [5.41, 5.74) is 1.10. The SMILES string of the molecule is CC(CO)SCC(=O)NC(C)c1ccccc1. The molecule has 3 nitrogen and oxygen atoms in total. The van der Waals surface area contributed by atoms with Crippen LogP contribution < -0.4 is 5.32 Å². The van der Waals surface area contributed by atoms with Crippen molar-refractivity contribution in [2.24, 2.45) is 0 Å². The second kappa shape index (κ2) is 7.35. The number of thioether (sulfide) groups is 1. The summed E-state index contributed by atoms with van der Waals surface area (Å²) in [6.07, 6.45) is 0. The summed E-state index contributed by atoms with van der Waals surface area (Å²) in [7, 11) is 0. The number of aliphatic hydroxyl groups is 1. The van der Waals surface area contributed by atoms with E-state index in [0.717, 1.165) is 5.56 Å². The fraction of sp³-hybridized carbons (Fsp3) is 0.462. The van der Waals surface area contributed by atoms with Gasteiger partial charge < -0.3 is 10.4 Å². The van der Waals surface area contributed by atoms with E-state index >= 15 is 0 Å². The van der Waals surface area contributed by atoms with E-state index in [1.54, 1.807) is 0 Å². The molecular formula is C13H19NO2S. The van der Waals surface area contributed by atoms with Crippen molar-refractivity contribution in [2.45, 2.75) is 25.1 Å². The van der Waals surface area contributed by atoms with Gasteiger partial charge in [-0.1, -0.05) is 37.3 Å². The van der Waals surface area contributed by atoms with E-state index < -0.39 is 0 Å². The predicted octanol–water partition coefficient (Wildman–Crippen LogP) is 1.98. The topological polar surface area (TPSA) is 49.3 Å². The zero-order chi connectivity index (χ0) is 12.7. The van der Waals surface area contributed by atoms with Crippen LogP contribution in [0, 0.1) is 0 Å². The summed E-state index contributed by atoms with van der Waals surface area (Å²) >= 11 is 1.46. The van der Waals surface area contributed by atoms with Crippen LogP contribution in [0.15, 0.2) is 30.3 Å². The number of amides is 1. The van der Waals surface area contributed by atoms with Gasteiger partial charge in [0.1, 0.15) is 0 Å². The van der Waals surface area contributed by atoms with Crippen LogP contribution in [-0.4, -0.2) is 28.6 Å². The van der Waals surface area contributed by atoms with Gasteiger partial charge in [0.15, 0.2) is 0 Å². The number of aliphatic hydroxyl groups excluding tert-OH is 1. The van der Waals surface area contributed by atoms with E-state index in [1.165, 1.54) is 11.8 Å². The van der Waals surface area contributed by atoms with E-state index in [1.807, 2.05) is 44.2 Å². The summed E-state index contributed by atoms with van der Waals surface area (Å²) in [5, 5.41) is 11.9. The number of rotatable bonds is 6. The van der Waals surface area contributed by atoms with Gasteiger partial charge in [0, 0.05) is 5.25 Å². The van der Waals surface area contributed by atoms with Gasteiger partial charge in [0.2, 0.25) is 5.91 Å². The predicted molar refractivity (Wildman–Crippen MR) is 72.0 cm³/mol. The molecule has 0 spiro atoms. The molecule has 0 aliphatic rings. The minimum atomic E-state index is 0.00616. The van der Waals surface area contributed by atoms with Crippen LogP contribution in [0.3, 0.4) is 0 Å². The molecule has 2 N–H and O–H groups in total. The maximum absolute atomic E-state index is 11.6. The third kappa shape index (κ3) is 5.24. The first-order chi connectivity index (χ1) is 8.13. The molecule has 0 fully saturated rings. The van der Waals surface area contributed by atoms with Crippen LogP contribution >= 0.6 is 11.8 Å². The van der Waals surface area contributed by atoms with Crippen molar-refractivity contribution in [1.29, 1.82) is 0 Å². The molecule has 0 saturated carbocycles. The molecule has 2 unspecified atom stereocenters. The van der Waals surface area contributed by atoms with Gasteiger partial charge in [0.05, 0.1) is 18.4 Å². The number of carbonyl (C=O) groups is 1. The van der Waals surface area contributed by atoms with E-state index in [0.29, 0.717) is 5.75 Å². The van der Waals surface area contributed by atoms with Crippen molar-refractivity contribution in [3.8, 4) is 0 Å². The first-order valence-corrected chi connectivity index (χ1v) is 6.75. The fourth-order valence-electron chi connectivity index (χ4n) is 1.38. The lowest BCUT2D eigenvalue weighted by molar-refractivity contribution is -0.119. The average molecular weight is 253 g/mol. The largest absolute Gasteiger partial charge is 0.395 e. The molecule has 1 amide bonds. The summed E-state index contributed by atoms with van der Waals surface area (Å²) in [4.78, 5) is 11.6. The molecule has 1 aromatic carbocycles. The molecule has 0 bridgehead atoms. The highest BCUT2D eigenvalue weighted by Gasteiger charge is 2.10. The van der Waals surface area contributed by atoms with Crippen molar-refractivity contribution < 1.29 is 9.90 Å². The fourth-order valence-corrected chi connectivity index (χ4v) is 2.00. The van der Waals surface area contributed by atoms with Crippen LogP contribution in [0.2, 0.25) is 0 Å². The third-order valence-corrected chi connectivity index (χ3v) is 3.58. The van der Waals surface area contributed by atoms with Gasteiger partial charge in [-0.2, -0.15) is 0 Å². The summed E-state index contributed by atoms with van der Waals surface area (Å²) in [6, 6.07) is 9.88. The quantitative estimate of drug-likeness (QED) is 0.815. The molecule has 0 saturated heterocycles. The first kappa shape index (κ1) is 14.1. The van der Waals surface area contributed by atoms with Gasteiger partial charge in [0.25, 0.3) is 0 Å². The Hall–Kier alpha value is -1.00. The highest BCUT2D eigenvalue weighted by Crippen LogP contribution is 2.13. The Kier molecular flexibility index (Phi) is 6.08. The molecule has 0 aliphatic heterocycles. The highest BCUT2D eigenvalue weighted by atomic mass is 32.2. The van der Waals surface area contributed by atoms with Crippen LogP contribution in [0.5, 0.6) is 0 Å². The Labute approximate surface area is 107 Å². The van der Waals surface area contributed by atoms with Crippen molar-refractivity contribution in [3.05, 3.63) is 35.9 Å². The minimum absolute atomic E-state index is 0.00616. The lowest BCUT2D eigenvalue weighted by Crippen LogP contribution is -2.28.